The fourth-order valence-corrected chi connectivity index (χ4v) is 8.13. The molecule has 0 amide bonds. The predicted molar refractivity (Wildman–Crippen MR) is 141 cm³/mol. The van der Waals surface area contributed by atoms with Crippen molar-refractivity contribution in [2.75, 3.05) is 0 Å². The second-order valence-corrected chi connectivity index (χ2v) is 12.9. The lowest BCUT2D eigenvalue weighted by molar-refractivity contribution is -0.165. The summed E-state index contributed by atoms with van der Waals surface area (Å²) in [7, 11) is 0. The van der Waals surface area contributed by atoms with Gasteiger partial charge in [0.05, 0.1) is 17.2 Å². The topological polar surface area (TPSA) is 132 Å². The van der Waals surface area contributed by atoms with Gasteiger partial charge in [-0.05, 0) is 74.7 Å². The first-order valence-corrected chi connectivity index (χ1v) is 14.3. The molecular weight excluding hydrogens is 518 g/mol. The molecule has 0 spiro atoms. The van der Waals surface area contributed by atoms with Gasteiger partial charge in [-0.15, -0.1) is 0 Å². The molecule has 7 atom stereocenters. The van der Waals surface area contributed by atoms with Crippen molar-refractivity contribution in [3.05, 3.63) is 22.7 Å². The van der Waals surface area contributed by atoms with E-state index in [1.807, 2.05) is 0 Å². The molecule has 4 N–H and O–H groups in total. The van der Waals surface area contributed by atoms with E-state index in [4.69, 9.17) is 10.2 Å². The molecule has 38 heavy (non-hydrogen) atoms. The third kappa shape index (κ3) is 5.09. The molecular formula is C28H40F2O7S. The second kappa shape index (κ2) is 11.2. The maximum absolute atomic E-state index is 17.2. The minimum absolute atomic E-state index is 0.0162. The first kappa shape index (κ1) is 30.4. The van der Waals surface area contributed by atoms with Gasteiger partial charge in [-0.3, -0.25) is 4.79 Å². The maximum atomic E-state index is 17.2. The zero-order chi connectivity index (χ0) is 28.6. The predicted octanol–water partition coefficient (Wildman–Crippen LogP) is 8.16. The van der Waals surface area contributed by atoms with Crippen LogP contribution >= 0.6 is 11.8 Å². The number of allylic oxidation sites excluding steroid dienone is 3. The standard InChI is InChI=1S/C26H38F2O3.C2H2O4S/c1-5-6-7-8-9-16-20-19(27)13-18-17-12-15(2)14-24(17,3)10-11-26(18,28)25(20,4)23(31)22(30)21(16)29;3-1(4)7-2(5)6/h15,17-19,29-30H,5-14H2,1-4H3;(H,3,4)(H,5,6)/t15-,17+,18+,19+,24-,25-,26-;/m1./s1. The van der Waals surface area contributed by atoms with Crippen LogP contribution in [0.1, 0.15) is 91.9 Å². The first-order valence-electron chi connectivity index (χ1n) is 13.5. The number of Topliss-reactive ketones (excluding diaryl/α,β-unsaturated/α-hetero) is 1. The smallest absolute Gasteiger partial charge is 0.376 e. The summed E-state index contributed by atoms with van der Waals surface area (Å²) in [4.78, 5) is 32.1. The summed E-state index contributed by atoms with van der Waals surface area (Å²) in [5.74, 6) is -2.20. The summed E-state index contributed by atoms with van der Waals surface area (Å²) in [6.45, 7) is 7.97. The highest BCUT2D eigenvalue weighted by atomic mass is 32.2. The summed E-state index contributed by atoms with van der Waals surface area (Å²) < 4.78 is 33.1. The van der Waals surface area contributed by atoms with Gasteiger partial charge in [0.2, 0.25) is 11.5 Å². The average molecular weight is 559 g/mol. The molecule has 3 fully saturated rings. The van der Waals surface area contributed by atoms with Crippen molar-refractivity contribution in [3.8, 4) is 0 Å². The van der Waals surface area contributed by atoms with Gasteiger partial charge in [-0.25, -0.2) is 18.4 Å². The fraction of sp³-hybridized carbons (Fsp3) is 0.750. The number of hydrogen-bond donors (Lipinski definition) is 4. The van der Waals surface area contributed by atoms with Crippen molar-refractivity contribution in [2.45, 2.75) is 104 Å². The zero-order valence-electron chi connectivity index (χ0n) is 22.6. The molecule has 0 aromatic carbocycles. The zero-order valence-corrected chi connectivity index (χ0v) is 23.4. The third-order valence-electron chi connectivity index (χ3n) is 9.60. The Morgan fingerprint density at radius 1 is 1.00 bits per heavy atom. The molecule has 4 rings (SSSR count). The average Bonchev–Trinajstić information content (AvgIpc) is 3.13. The van der Waals surface area contributed by atoms with Crippen LogP contribution in [0.25, 0.3) is 0 Å². The van der Waals surface area contributed by atoms with Gasteiger partial charge in [0.15, 0.2) is 5.76 Å². The van der Waals surface area contributed by atoms with Crippen LogP contribution in [0.3, 0.4) is 0 Å². The normalized spacial score (nSPS) is 38.1. The number of carbonyl (C=O) groups is 3. The van der Waals surface area contributed by atoms with Crippen LogP contribution in [0.5, 0.6) is 0 Å². The van der Waals surface area contributed by atoms with Gasteiger partial charge in [-0.2, -0.15) is 0 Å². The van der Waals surface area contributed by atoms with E-state index in [-0.39, 0.29) is 47.1 Å². The largest absolute Gasteiger partial charge is 0.504 e. The van der Waals surface area contributed by atoms with Crippen LogP contribution in [0.15, 0.2) is 22.7 Å². The summed E-state index contributed by atoms with van der Waals surface area (Å²) in [5, 5.41) is 33.7. The van der Waals surface area contributed by atoms with E-state index in [1.54, 1.807) is 0 Å². The Bertz CT molecular complexity index is 1030. The number of halogens is 2. The van der Waals surface area contributed by atoms with Gasteiger partial charge in [0.25, 0.3) is 0 Å². The summed E-state index contributed by atoms with van der Waals surface area (Å²) in [6, 6.07) is 0. The number of ketones is 1. The number of rotatable bonds is 5. The van der Waals surface area contributed by atoms with Crippen molar-refractivity contribution in [2.24, 2.45) is 28.6 Å². The van der Waals surface area contributed by atoms with E-state index in [0.29, 0.717) is 25.2 Å². The number of thioether (sulfide) groups is 1. The van der Waals surface area contributed by atoms with Gasteiger partial charge in [0, 0.05) is 11.5 Å². The molecule has 7 nitrogen and oxygen atoms in total. The lowest BCUT2D eigenvalue weighted by Crippen LogP contribution is -2.65. The molecule has 0 heterocycles. The van der Waals surface area contributed by atoms with E-state index >= 15 is 8.78 Å². The van der Waals surface area contributed by atoms with Crippen LogP contribution in [0.2, 0.25) is 0 Å². The molecule has 0 aromatic rings. The van der Waals surface area contributed by atoms with Crippen LogP contribution in [0.4, 0.5) is 18.4 Å². The van der Waals surface area contributed by atoms with Crippen molar-refractivity contribution in [3.63, 3.8) is 0 Å². The minimum Gasteiger partial charge on any atom is -0.504 e. The lowest BCUT2D eigenvalue weighted by atomic mass is 9.45. The molecule has 0 aromatic heterocycles. The van der Waals surface area contributed by atoms with Crippen LogP contribution in [-0.2, 0) is 4.79 Å². The van der Waals surface area contributed by atoms with E-state index in [0.717, 1.165) is 32.1 Å². The molecule has 0 saturated heterocycles. The SMILES string of the molecule is CCCCCCC1=C2[C@@H](F)C[C@H]3[C@@H]4C[C@@H](C)C[C@@]4(C)CC[C@]3(F)[C@@]2(C)C(=O)C(O)=C1O.O=C(O)SC(=O)O. The highest BCUT2D eigenvalue weighted by Gasteiger charge is 2.71. The maximum Gasteiger partial charge on any atom is 0.376 e. The molecule has 214 valence electrons. The molecule has 4 aliphatic carbocycles. The third-order valence-corrected chi connectivity index (χ3v) is 9.95. The second-order valence-electron chi connectivity index (χ2n) is 12.0. The number of unbranched alkanes of at least 4 members (excludes halogenated alkanes) is 3. The number of carbonyl (C=O) groups excluding carboxylic acids is 1. The molecule has 0 aliphatic heterocycles. The molecule has 0 bridgehead atoms. The lowest BCUT2D eigenvalue weighted by Gasteiger charge is -2.60. The summed E-state index contributed by atoms with van der Waals surface area (Å²) >= 11 is -0.157. The monoisotopic (exact) mass is 558 g/mol. The highest BCUT2D eigenvalue weighted by Crippen LogP contribution is 2.69. The number of aliphatic hydroxyl groups is 2. The van der Waals surface area contributed by atoms with E-state index in [9.17, 15) is 24.6 Å². The Morgan fingerprint density at radius 2 is 1.63 bits per heavy atom. The van der Waals surface area contributed by atoms with Crippen LogP contribution < -0.4 is 0 Å². The summed E-state index contributed by atoms with van der Waals surface area (Å²) in [5.41, 5.74) is -3.29. The van der Waals surface area contributed by atoms with E-state index in [2.05, 4.69) is 20.8 Å². The van der Waals surface area contributed by atoms with Crippen LogP contribution in [0, 0.1) is 28.6 Å². The molecule has 4 aliphatic rings. The van der Waals surface area contributed by atoms with Gasteiger partial charge >= 0.3 is 10.6 Å². The molecule has 10 heteroatoms. The van der Waals surface area contributed by atoms with Gasteiger partial charge in [-0.1, -0.05) is 40.0 Å². The Balaban J connectivity index is 0.000000505. The Labute approximate surface area is 226 Å². The van der Waals surface area contributed by atoms with Crippen molar-refractivity contribution >= 4 is 28.1 Å². The Morgan fingerprint density at radius 3 is 2.18 bits per heavy atom. The highest BCUT2D eigenvalue weighted by molar-refractivity contribution is 8.25. The molecule has 3 saturated carbocycles. The number of alkyl halides is 2. The van der Waals surface area contributed by atoms with E-state index in [1.165, 1.54) is 6.92 Å². The van der Waals surface area contributed by atoms with Gasteiger partial charge in [0.1, 0.15) is 11.8 Å². The fourth-order valence-electron chi connectivity index (χ4n) is 7.98. The van der Waals surface area contributed by atoms with Crippen molar-refractivity contribution < 1.29 is 43.6 Å². The summed E-state index contributed by atoms with van der Waals surface area (Å²) in [6.07, 6.45) is 5.36. The Kier molecular flexibility index (Phi) is 8.95. The van der Waals surface area contributed by atoms with Crippen LogP contribution in [-0.4, -0.2) is 48.7 Å². The number of aliphatic hydroxyl groups excluding tert-OH is 2. The molecule has 0 unspecified atom stereocenters. The number of fused-ring (bicyclic) bond motifs is 5. The van der Waals surface area contributed by atoms with Gasteiger partial charge < -0.3 is 20.4 Å². The Hall–Kier alpha value is -2.10. The minimum atomic E-state index is -1.90. The van der Waals surface area contributed by atoms with Crippen molar-refractivity contribution in [1.29, 1.82) is 0 Å². The number of hydrogen-bond acceptors (Lipinski definition) is 6. The van der Waals surface area contributed by atoms with Crippen molar-refractivity contribution in [1.82, 2.24) is 0 Å². The first-order chi connectivity index (χ1) is 17.6. The molecule has 0 radical (unpaired) electrons. The quantitative estimate of drug-likeness (QED) is 0.248. The van der Waals surface area contributed by atoms with E-state index < -0.39 is 51.1 Å². The number of carboxylic acid groups (broad SMARTS) is 2.